The molecule has 0 spiro atoms. The van der Waals surface area contributed by atoms with Gasteiger partial charge in [0.05, 0.1) is 0 Å². The number of aryl methyl sites for hydroxylation is 1. The number of hydrogen-bond donors (Lipinski definition) is 0. The van der Waals surface area contributed by atoms with Crippen LogP contribution in [-0.4, -0.2) is 9.97 Å². The summed E-state index contributed by atoms with van der Waals surface area (Å²) >= 11 is 3.45. The number of halogens is 1. The van der Waals surface area contributed by atoms with Crippen LogP contribution in [0.15, 0.2) is 28.9 Å². The zero-order valence-corrected chi connectivity index (χ0v) is 14.1. The Morgan fingerprint density at radius 3 is 2.62 bits per heavy atom. The van der Waals surface area contributed by atoms with E-state index in [1.54, 1.807) is 0 Å². The maximum Gasteiger partial charge on any atom is 0.223 e. The number of aromatic nitrogens is 2. The second-order valence-electron chi connectivity index (χ2n) is 5.96. The van der Waals surface area contributed by atoms with Gasteiger partial charge in [0, 0.05) is 12.0 Å². The van der Waals surface area contributed by atoms with Crippen molar-refractivity contribution >= 4 is 15.9 Å². The molecule has 110 valence electrons. The topological polar surface area (TPSA) is 35.0 Å². The zero-order valence-electron chi connectivity index (χ0n) is 12.6. The van der Waals surface area contributed by atoms with Crippen LogP contribution >= 0.6 is 15.9 Å². The Labute approximate surface area is 133 Å². The molecule has 4 heteroatoms. The lowest BCUT2D eigenvalue weighted by atomic mass is 10.0. The van der Waals surface area contributed by atoms with E-state index in [1.807, 2.05) is 6.07 Å². The first-order valence-corrected chi connectivity index (χ1v) is 8.15. The summed E-state index contributed by atoms with van der Waals surface area (Å²) in [5.41, 5.74) is 2.38. The molecule has 3 rings (SSSR count). The lowest BCUT2D eigenvalue weighted by Crippen LogP contribution is -1.99. The van der Waals surface area contributed by atoms with E-state index in [2.05, 4.69) is 64.9 Å². The van der Waals surface area contributed by atoms with Crippen molar-refractivity contribution in [2.45, 2.75) is 45.4 Å². The lowest BCUT2D eigenvalue weighted by Gasteiger charge is -2.14. The standard InChI is InChI=1S/C17H19BrN2O/c1-10(2)13-7-4-11(3)8-14(13)21-16-9-15(18)19-17(20-16)12-5-6-12/h4,7-10,12H,5-6H2,1-3H3. The average Bonchev–Trinajstić information content (AvgIpc) is 3.21. The van der Waals surface area contributed by atoms with Crippen molar-refractivity contribution < 1.29 is 4.74 Å². The van der Waals surface area contributed by atoms with Gasteiger partial charge < -0.3 is 4.74 Å². The van der Waals surface area contributed by atoms with E-state index in [0.717, 1.165) is 16.2 Å². The largest absolute Gasteiger partial charge is 0.439 e. The molecular weight excluding hydrogens is 328 g/mol. The smallest absolute Gasteiger partial charge is 0.223 e. The molecule has 0 bridgehead atoms. The highest BCUT2D eigenvalue weighted by molar-refractivity contribution is 9.10. The average molecular weight is 347 g/mol. The summed E-state index contributed by atoms with van der Waals surface area (Å²) in [6.07, 6.45) is 2.36. The number of rotatable bonds is 4. The summed E-state index contributed by atoms with van der Waals surface area (Å²) in [6.45, 7) is 6.41. The van der Waals surface area contributed by atoms with E-state index < -0.39 is 0 Å². The van der Waals surface area contributed by atoms with Gasteiger partial charge in [0.2, 0.25) is 5.88 Å². The molecule has 1 fully saturated rings. The molecule has 0 atom stereocenters. The van der Waals surface area contributed by atoms with Gasteiger partial charge in [-0.1, -0.05) is 26.0 Å². The van der Waals surface area contributed by atoms with Crippen LogP contribution in [0.4, 0.5) is 0 Å². The second kappa shape index (κ2) is 5.76. The molecule has 1 heterocycles. The lowest BCUT2D eigenvalue weighted by molar-refractivity contribution is 0.449. The predicted molar refractivity (Wildman–Crippen MR) is 87.0 cm³/mol. The molecule has 0 unspecified atom stereocenters. The molecule has 1 aromatic carbocycles. The van der Waals surface area contributed by atoms with E-state index in [4.69, 9.17) is 4.74 Å². The Kier molecular flexibility index (Phi) is 3.98. The summed E-state index contributed by atoms with van der Waals surface area (Å²) < 4.78 is 6.86. The van der Waals surface area contributed by atoms with Crippen LogP contribution in [0, 0.1) is 6.92 Å². The molecule has 21 heavy (non-hydrogen) atoms. The first-order valence-electron chi connectivity index (χ1n) is 7.36. The predicted octanol–water partition coefficient (Wildman–Crippen LogP) is 5.34. The van der Waals surface area contributed by atoms with Gasteiger partial charge in [0.15, 0.2) is 0 Å². The molecule has 0 N–H and O–H groups in total. The first kappa shape index (κ1) is 14.5. The van der Waals surface area contributed by atoms with Crippen LogP contribution < -0.4 is 4.74 Å². The van der Waals surface area contributed by atoms with Gasteiger partial charge in [0.25, 0.3) is 0 Å². The summed E-state index contributed by atoms with van der Waals surface area (Å²) in [5.74, 6) is 3.31. The van der Waals surface area contributed by atoms with Crippen molar-refractivity contribution in [3.8, 4) is 11.6 Å². The second-order valence-corrected chi connectivity index (χ2v) is 6.77. The van der Waals surface area contributed by atoms with Crippen LogP contribution in [0.1, 0.15) is 55.5 Å². The van der Waals surface area contributed by atoms with Crippen LogP contribution in [0.2, 0.25) is 0 Å². The molecule has 0 aliphatic heterocycles. The van der Waals surface area contributed by atoms with Crippen LogP contribution in [0.3, 0.4) is 0 Å². The summed E-state index contributed by atoms with van der Waals surface area (Å²) in [6, 6.07) is 8.15. The maximum atomic E-state index is 6.07. The molecule has 1 aromatic heterocycles. The Morgan fingerprint density at radius 1 is 1.19 bits per heavy atom. The molecular formula is C17H19BrN2O. The highest BCUT2D eigenvalue weighted by Gasteiger charge is 2.27. The Hall–Kier alpha value is -1.42. The molecule has 2 aromatic rings. The van der Waals surface area contributed by atoms with E-state index in [1.165, 1.54) is 24.0 Å². The van der Waals surface area contributed by atoms with Crippen molar-refractivity contribution in [2.75, 3.05) is 0 Å². The molecule has 0 radical (unpaired) electrons. The fourth-order valence-electron chi connectivity index (χ4n) is 2.31. The normalized spacial score (nSPS) is 14.5. The fourth-order valence-corrected chi connectivity index (χ4v) is 2.69. The van der Waals surface area contributed by atoms with Crippen LogP contribution in [0.5, 0.6) is 11.6 Å². The molecule has 0 saturated heterocycles. The van der Waals surface area contributed by atoms with Gasteiger partial charge in [-0.2, -0.15) is 4.98 Å². The summed E-state index contributed by atoms with van der Waals surface area (Å²) in [7, 11) is 0. The minimum Gasteiger partial charge on any atom is -0.439 e. The third kappa shape index (κ3) is 3.43. The van der Waals surface area contributed by atoms with Gasteiger partial charge in [0.1, 0.15) is 16.2 Å². The molecule has 1 aliphatic rings. The summed E-state index contributed by atoms with van der Waals surface area (Å²) in [5, 5.41) is 0. The minimum absolute atomic E-state index is 0.411. The Bertz CT molecular complexity index is 666. The summed E-state index contributed by atoms with van der Waals surface area (Å²) in [4.78, 5) is 9.00. The van der Waals surface area contributed by atoms with Crippen molar-refractivity contribution in [3.05, 3.63) is 45.8 Å². The molecule has 1 saturated carbocycles. The monoisotopic (exact) mass is 346 g/mol. The van der Waals surface area contributed by atoms with Gasteiger partial charge in [-0.3, -0.25) is 0 Å². The maximum absolute atomic E-state index is 6.07. The Morgan fingerprint density at radius 2 is 1.95 bits per heavy atom. The Balaban J connectivity index is 1.94. The van der Waals surface area contributed by atoms with Gasteiger partial charge >= 0.3 is 0 Å². The quantitative estimate of drug-likeness (QED) is 0.700. The van der Waals surface area contributed by atoms with Crippen molar-refractivity contribution in [1.82, 2.24) is 9.97 Å². The van der Waals surface area contributed by atoms with Crippen molar-refractivity contribution in [3.63, 3.8) is 0 Å². The van der Waals surface area contributed by atoms with E-state index in [-0.39, 0.29) is 0 Å². The minimum atomic E-state index is 0.411. The number of ether oxygens (including phenoxy) is 1. The fraction of sp³-hybridized carbons (Fsp3) is 0.412. The molecule has 1 aliphatic carbocycles. The van der Waals surface area contributed by atoms with Crippen LogP contribution in [-0.2, 0) is 0 Å². The third-order valence-electron chi connectivity index (χ3n) is 3.64. The van der Waals surface area contributed by atoms with Gasteiger partial charge in [-0.25, -0.2) is 4.98 Å². The zero-order chi connectivity index (χ0) is 15.0. The van der Waals surface area contributed by atoms with Crippen molar-refractivity contribution in [2.24, 2.45) is 0 Å². The highest BCUT2D eigenvalue weighted by atomic mass is 79.9. The number of benzene rings is 1. The molecule has 3 nitrogen and oxygen atoms in total. The van der Waals surface area contributed by atoms with Crippen molar-refractivity contribution in [1.29, 1.82) is 0 Å². The number of hydrogen-bond acceptors (Lipinski definition) is 3. The highest BCUT2D eigenvalue weighted by Crippen LogP contribution is 2.39. The van der Waals surface area contributed by atoms with Gasteiger partial charge in [-0.05, 0) is 58.8 Å². The van der Waals surface area contributed by atoms with E-state index in [9.17, 15) is 0 Å². The first-order chi connectivity index (χ1) is 10.0. The van der Waals surface area contributed by atoms with Gasteiger partial charge in [-0.15, -0.1) is 0 Å². The van der Waals surface area contributed by atoms with Crippen LogP contribution in [0.25, 0.3) is 0 Å². The third-order valence-corrected chi connectivity index (χ3v) is 4.04. The molecule has 0 amide bonds. The SMILES string of the molecule is Cc1ccc(C(C)C)c(Oc2cc(Br)nc(C3CC3)n2)c1. The van der Waals surface area contributed by atoms with E-state index in [0.29, 0.717) is 17.7 Å². The van der Waals surface area contributed by atoms with E-state index >= 15 is 0 Å². The number of nitrogens with zero attached hydrogens (tertiary/aromatic N) is 2.